The van der Waals surface area contributed by atoms with Crippen molar-refractivity contribution in [3.63, 3.8) is 0 Å². The number of fused-ring (bicyclic) bond motifs is 2. The zero-order valence-electron chi connectivity index (χ0n) is 13.1. The number of aryl methyl sites for hydroxylation is 1. The maximum Gasteiger partial charge on any atom is 0.258 e. The van der Waals surface area contributed by atoms with Crippen LogP contribution in [0.25, 0.3) is 10.9 Å². The fourth-order valence-corrected chi connectivity index (χ4v) is 4.27. The summed E-state index contributed by atoms with van der Waals surface area (Å²) in [4.78, 5) is 24.5. The highest BCUT2D eigenvalue weighted by atomic mass is 32.2. The van der Waals surface area contributed by atoms with Crippen molar-refractivity contribution in [3.05, 3.63) is 39.9 Å². The minimum absolute atomic E-state index is 0.0655. The van der Waals surface area contributed by atoms with E-state index < -0.39 is 0 Å². The van der Waals surface area contributed by atoms with Crippen LogP contribution >= 0.6 is 11.8 Å². The molecule has 0 radical (unpaired) electrons. The fraction of sp³-hybridized carbons (Fsp3) is 0.471. The number of rotatable bonds is 2. The standard InChI is InChI=1S/C17H20N4OS/c1-10-5-4-6-11-15(10)20-14(21-16(11)22)9-23-17-18-12-7-2-3-8-13(12)19-17/h4-6,12-13H,2-3,7-9H2,1H3,(H,18,19)(H,20,21,22)/t12-,13-/m1/s1. The molecule has 2 heterocycles. The van der Waals surface area contributed by atoms with Crippen molar-refractivity contribution in [2.45, 2.75) is 50.4 Å². The lowest BCUT2D eigenvalue weighted by molar-refractivity contribution is 0.385. The molecule has 1 aromatic carbocycles. The van der Waals surface area contributed by atoms with Crippen LogP contribution in [0.5, 0.6) is 0 Å². The van der Waals surface area contributed by atoms with Crippen molar-refractivity contribution in [2.75, 3.05) is 0 Å². The first-order valence-corrected chi connectivity index (χ1v) is 9.15. The van der Waals surface area contributed by atoms with E-state index in [1.807, 2.05) is 25.1 Å². The van der Waals surface area contributed by atoms with Crippen molar-refractivity contribution in [1.29, 1.82) is 0 Å². The van der Waals surface area contributed by atoms with Crippen molar-refractivity contribution in [1.82, 2.24) is 15.3 Å². The van der Waals surface area contributed by atoms with Gasteiger partial charge >= 0.3 is 0 Å². The van der Waals surface area contributed by atoms with Crippen molar-refractivity contribution in [3.8, 4) is 0 Å². The Morgan fingerprint density at radius 1 is 1.30 bits per heavy atom. The Morgan fingerprint density at radius 2 is 2.17 bits per heavy atom. The summed E-state index contributed by atoms with van der Waals surface area (Å²) in [7, 11) is 0. The molecule has 2 N–H and O–H groups in total. The normalized spacial score (nSPS) is 23.4. The van der Waals surface area contributed by atoms with Gasteiger partial charge in [0.15, 0.2) is 5.17 Å². The van der Waals surface area contributed by atoms with Gasteiger partial charge in [-0.25, -0.2) is 4.98 Å². The van der Waals surface area contributed by atoms with E-state index in [1.165, 1.54) is 25.7 Å². The van der Waals surface area contributed by atoms with E-state index in [0.29, 0.717) is 29.0 Å². The highest BCUT2D eigenvalue weighted by molar-refractivity contribution is 8.13. The lowest BCUT2D eigenvalue weighted by Gasteiger charge is -2.23. The second kappa shape index (κ2) is 6.00. The van der Waals surface area contributed by atoms with Crippen LogP contribution in [0.15, 0.2) is 28.0 Å². The van der Waals surface area contributed by atoms with E-state index >= 15 is 0 Å². The smallest absolute Gasteiger partial charge is 0.258 e. The molecule has 4 rings (SSSR count). The van der Waals surface area contributed by atoms with Gasteiger partial charge in [0.05, 0.1) is 28.7 Å². The molecule has 0 amide bonds. The molecular weight excluding hydrogens is 308 g/mol. The average Bonchev–Trinajstić information content (AvgIpc) is 2.97. The Bertz CT molecular complexity index is 829. The van der Waals surface area contributed by atoms with Crippen molar-refractivity contribution in [2.24, 2.45) is 4.99 Å². The Labute approximate surface area is 139 Å². The zero-order valence-corrected chi connectivity index (χ0v) is 13.9. The highest BCUT2D eigenvalue weighted by Crippen LogP contribution is 2.27. The van der Waals surface area contributed by atoms with Crippen LogP contribution in [0.2, 0.25) is 0 Å². The van der Waals surface area contributed by atoms with E-state index in [1.54, 1.807) is 11.8 Å². The lowest BCUT2D eigenvalue weighted by atomic mass is 9.92. The number of para-hydroxylation sites is 1. The minimum atomic E-state index is -0.0655. The number of H-pyrrole nitrogens is 1. The second-order valence-electron chi connectivity index (χ2n) is 6.31. The summed E-state index contributed by atoms with van der Waals surface area (Å²) in [6.45, 7) is 1.99. The van der Waals surface area contributed by atoms with Crippen LogP contribution in [-0.2, 0) is 5.75 Å². The van der Waals surface area contributed by atoms with Gasteiger partial charge in [-0.1, -0.05) is 36.7 Å². The van der Waals surface area contributed by atoms with Gasteiger partial charge in [-0.3, -0.25) is 9.79 Å². The molecule has 6 heteroatoms. The van der Waals surface area contributed by atoms with Crippen LogP contribution in [0.3, 0.4) is 0 Å². The third-order valence-electron chi connectivity index (χ3n) is 4.65. The Kier molecular flexibility index (Phi) is 3.85. The first-order valence-electron chi connectivity index (χ1n) is 8.16. The van der Waals surface area contributed by atoms with Gasteiger partial charge in [0.2, 0.25) is 0 Å². The maximum absolute atomic E-state index is 12.2. The number of nitrogens with zero attached hydrogens (tertiary/aromatic N) is 2. The first kappa shape index (κ1) is 14.8. The highest BCUT2D eigenvalue weighted by Gasteiger charge is 2.30. The van der Waals surface area contributed by atoms with Gasteiger partial charge in [-0.15, -0.1) is 0 Å². The molecule has 1 aliphatic heterocycles. The van der Waals surface area contributed by atoms with E-state index in [-0.39, 0.29) is 5.56 Å². The Balaban J connectivity index is 1.52. The number of amidine groups is 1. The number of thioether (sulfide) groups is 1. The van der Waals surface area contributed by atoms with Crippen LogP contribution < -0.4 is 10.9 Å². The van der Waals surface area contributed by atoms with E-state index in [0.717, 1.165) is 16.2 Å². The summed E-state index contributed by atoms with van der Waals surface area (Å²) in [5, 5.41) is 5.17. The van der Waals surface area contributed by atoms with Gasteiger partial charge in [0.25, 0.3) is 5.56 Å². The third-order valence-corrected chi connectivity index (χ3v) is 5.57. The molecule has 2 aromatic rings. The first-order chi connectivity index (χ1) is 11.2. The summed E-state index contributed by atoms with van der Waals surface area (Å²) in [5.41, 5.74) is 1.76. The van der Waals surface area contributed by atoms with Crippen LogP contribution in [0.4, 0.5) is 0 Å². The Morgan fingerprint density at radius 3 is 3.04 bits per heavy atom. The van der Waals surface area contributed by atoms with E-state index in [2.05, 4.69) is 15.3 Å². The molecule has 2 atom stereocenters. The molecule has 0 bridgehead atoms. The number of aliphatic imine (C=N–C) groups is 1. The molecule has 1 saturated carbocycles. The van der Waals surface area contributed by atoms with Crippen LogP contribution in [0, 0.1) is 6.92 Å². The molecule has 0 unspecified atom stereocenters. The predicted molar refractivity (Wildman–Crippen MR) is 95.0 cm³/mol. The molecule has 1 fully saturated rings. The number of hydrogen-bond donors (Lipinski definition) is 2. The molecule has 1 aromatic heterocycles. The number of aromatic amines is 1. The van der Waals surface area contributed by atoms with Crippen LogP contribution in [0.1, 0.15) is 37.1 Å². The quantitative estimate of drug-likeness (QED) is 0.889. The van der Waals surface area contributed by atoms with Crippen LogP contribution in [-0.4, -0.2) is 27.2 Å². The molecule has 120 valence electrons. The largest absolute Gasteiger partial charge is 0.360 e. The summed E-state index contributed by atoms with van der Waals surface area (Å²) < 4.78 is 0. The Hall–Kier alpha value is -1.82. The number of nitrogens with one attached hydrogen (secondary N) is 2. The second-order valence-corrected chi connectivity index (χ2v) is 7.27. The summed E-state index contributed by atoms with van der Waals surface area (Å²) >= 11 is 1.63. The SMILES string of the molecule is Cc1cccc2c(=O)[nH]c(CSC3=N[C@@H]4CCCC[C@H]4N3)nc12. The molecule has 0 spiro atoms. The van der Waals surface area contributed by atoms with E-state index in [4.69, 9.17) is 4.99 Å². The molecule has 1 aliphatic carbocycles. The zero-order chi connectivity index (χ0) is 15.8. The minimum Gasteiger partial charge on any atom is -0.360 e. The molecule has 0 saturated heterocycles. The summed E-state index contributed by atoms with van der Waals surface area (Å²) in [5.74, 6) is 1.34. The monoisotopic (exact) mass is 328 g/mol. The number of benzene rings is 1. The summed E-state index contributed by atoms with van der Waals surface area (Å²) in [6.07, 6.45) is 4.97. The predicted octanol–water partition coefficient (Wildman–Crippen LogP) is 2.74. The average molecular weight is 328 g/mol. The van der Waals surface area contributed by atoms with Crippen molar-refractivity contribution < 1.29 is 0 Å². The molecule has 2 aliphatic rings. The van der Waals surface area contributed by atoms with Gasteiger partial charge in [-0.2, -0.15) is 0 Å². The van der Waals surface area contributed by atoms with Gasteiger partial charge in [0.1, 0.15) is 5.82 Å². The van der Waals surface area contributed by atoms with Gasteiger partial charge < -0.3 is 10.3 Å². The number of hydrogen-bond acceptors (Lipinski definition) is 5. The molecule has 5 nitrogen and oxygen atoms in total. The molecule has 23 heavy (non-hydrogen) atoms. The fourth-order valence-electron chi connectivity index (χ4n) is 3.42. The van der Waals surface area contributed by atoms with Crippen molar-refractivity contribution >= 4 is 27.8 Å². The van der Waals surface area contributed by atoms with Gasteiger partial charge in [-0.05, 0) is 31.4 Å². The lowest BCUT2D eigenvalue weighted by Crippen LogP contribution is -2.36. The molecular formula is C17H20N4OS. The van der Waals surface area contributed by atoms with E-state index in [9.17, 15) is 4.79 Å². The third kappa shape index (κ3) is 2.87. The summed E-state index contributed by atoms with van der Waals surface area (Å²) in [6, 6.07) is 6.65. The maximum atomic E-state index is 12.2. The van der Waals surface area contributed by atoms with Gasteiger partial charge in [0, 0.05) is 0 Å². The topological polar surface area (TPSA) is 70.1 Å². The number of aromatic nitrogens is 2.